The smallest absolute Gasteiger partial charge is 0.223 e. The van der Waals surface area contributed by atoms with Gasteiger partial charge >= 0.3 is 0 Å². The van der Waals surface area contributed by atoms with Crippen LogP contribution in [0.4, 0.5) is 5.95 Å². The minimum atomic E-state index is 0.552. The molecule has 2 aromatic rings. The predicted molar refractivity (Wildman–Crippen MR) is 68.4 cm³/mol. The van der Waals surface area contributed by atoms with Crippen LogP contribution in [-0.4, -0.2) is 16.0 Å². The fourth-order valence-corrected chi connectivity index (χ4v) is 2.17. The lowest BCUT2D eigenvalue weighted by Gasteiger charge is -2.19. The minimum Gasteiger partial charge on any atom is -0.488 e. The third kappa shape index (κ3) is 1.61. The van der Waals surface area contributed by atoms with Gasteiger partial charge in [0.15, 0.2) is 0 Å². The molecule has 2 aliphatic rings. The first-order valence-corrected chi connectivity index (χ1v) is 6.25. The Morgan fingerprint density at radius 1 is 1.22 bits per heavy atom. The monoisotopic (exact) mass is 239 g/mol. The number of fused-ring (bicyclic) bond motifs is 3. The van der Waals surface area contributed by atoms with E-state index in [1.165, 1.54) is 12.8 Å². The number of nitrogens with one attached hydrogen (secondary N) is 1. The van der Waals surface area contributed by atoms with Crippen molar-refractivity contribution in [2.45, 2.75) is 25.5 Å². The fourth-order valence-electron chi connectivity index (χ4n) is 2.17. The molecule has 1 N–H and O–H groups in total. The normalized spacial score (nSPS) is 16.4. The second-order valence-electron chi connectivity index (χ2n) is 4.77. The Labute approximate surface area is 105 Å². The molecule has 4 heteroatoms. The minimum absolute atomic E-state index is 0.552. The van der Waals surface area contributed by atoms with Crippen molar-refractivity contribution < 1.29 is 4.74 Å². The molecule has 18 heavy (non-hydrogen) atoms. The molecule has 0 spiro atoms. The maximum absolute atomic E-state index is 5.68. The van der Waals surface area contributed by atoms with Gasteiger partial charge in [-0.2, -0.15) is 0 Å². The molecule has 1 aromatic carbocycles. The van der Waals surface area contributed by atoms with E-state index in [1.54, 1.807) is 0 Å². The van der Waals surface area contributed by atoms with Crippen LogP contribution in [0.25, 0.3) is 11.3 Å². The lowest BCUT2D eigenvalue weighted by Crippen LogP contribution is -2.11. The van der Waals surface area contributed by atoms with E-state index in [9.17, 15) is 0 Å². The molecular weight excluding hydrogens is 226 g/mol. The first-order chi connectivity index (χ1) is 8.90. The molecule has 4 nitrogen and oxygen atoms in total. The second-order valence-corrected chi connectivity index (χ2v) is 4.77. The van der Waals surface area contributed by atoms with Gasteiger partial charge in [-0.05, 0) is 25.0 Å². The zero-order valence-corrected chi connectivity index (χ0v) is 9.89. The Kier molecular flexibility index (Phi) is 2.03. The number of nitrogens with zero attached hydrogens (tertiary/aromatic N) is 2. The van der Waals surface area contributed by atoms with E-state index in [0.29, 0.717) is 12.6 Å². The lowest BCUT2D eigenvalue weighted by atomic mass is 10.0. The van der Waals surface area contributed by atoms with Crippen LogP contribution in [0.1, 0.15) is 18.4 Å². The molecule has 0 atom stereocenters. The molecule has 90 valence electrons. The molecule has 0 amide bonds. The molecule has 1 saturated carbocycles. The molecule has 1 aromatic heterocycles. The van der Waals surface area contributed by atoms with Crippen LogP contribution in [0.5, 0.6) is 5.75 Å². The summed E-state index contributed by atoms with van der Waals surface area (Å²) in [4.78, 5) is 8.98. The van der Waals surface area contributed by atoms with E-state index in [0.717, 1.165) is 28.5 Å². The number of hydrogen-bond acceptors (Lipinski definition) is 4. The maximum Gasteiger partial charge on any atom is 0.223 e. The van der Waals surface area contributed by atoms with Crippen molar-refractivity contribution in [3.05, 3.63) is 36.0 Å². The molecule has 1 aliphatic heterocycles. The number of ether oxygens (including phenoxy) is 1. The zero-order chi connectivity index (χ0) is 11.9. The van der Waals surface area contributed by atoms with Gasteiger partial charge in [-0.1, -0.05) is 12.1 Å². The Balaban J connectivity index is 1.80. The van der Waals surface area contributed by atoms with Gasteiger partial charge < -0.3 is 10.1 Å². The van der Waals surface area contributed by atoms with Crippen molar-refractivity contribution in [2.75, 3.05) is 5.32 Å². The fraction of sp³-hybridized carbons (Fsp3) is 0.286. The summed E-state index contributed by atoms with van der Waals surface area (Å²) < 4.78 is 5.68. The van der Waals surface area contributed by atoms with Crippen molar-refractivity contribution in [1.29, 1.82) is 0 Å². The average Bonchev–Trinajstić information content (AvgIpc) is 3.22. The van der Waals surface area contributed by atoms with Crippen LogP contribution >= 0.6 is 0 Å². The van der Waals surface area contributed by atoms with E-state index in [4.69, 9.17) is 4.74 Å². The molecule has 0 saturated heterocycles. The summed E-state index contributed by atoms with van der Waals surface area (Å²) in [7, 11) is 0. The van der Waals surface area contributed by atoms with Gasteiger partial charge in [0.25, 0.3) is 0 Å². The molecule has 0 unspecified atom stereocenters. The SMILES string of the molecule is c1ccc2c(c1)OCc1cnc(NC3CC3)nc1-2. The molecule has 0 radical (unpaired) electrons. The van der Waals surface area contributed by atoms with Gasteiger partial charge in [-0.3, -0.25) is 0 Å². The van der Waals surface area contributed by atoms with Gasteiger partial charge in [0, 0.05) is 23.4 Å². The highest BCUT2D eigenvalue weighted by molar-refractivity contribution is 5.72. The maximum atomic E-state index is 5.68. The summed E-state index contributed by atoms with van der Waals surface area (Å²) in [6.07, 6.45) is 4.31. The van der Waals surface area contributed by atoms with Gasteiger partial charge in [0.05, 0.1) is 5.69 Å². The first-order valence-electron chi connectivity index (χ1n) is 6.25. The Hall–Kier alpha value is -2.10. The van der Waals surface area contributed by atoms with Crippen molar-refractivity contribution in [3.63, 3.8) is 0 Å². The number of anilines is 1. The van der Waals surface area contributed by atoms with Gasteiger partial charge in [0.2, 0.25) is 5.95 Å². The van der Waals surface area contributed by atoms with Gasteiger partial charge in [0.1, 0.15) is 12.4 Å². The molecule has 2 heterocycles. The summed E-state index contributed by atoms with van der Waals surface area (Å²) in [5, 5.41) is 3.33. The van der Waals surface area contributed by atoms with Crippen LogP contribution in [-0.2, 0) is 6.61 Å². The van der Waals surface area contributed by atoms with Gasteiger partial charge in [-0.25, -0.2) is 9.97 Å². The molecule has 1 aliphatic carbocycles. The zero-order valence-electron chi connectivity index (χ0n) is 9.89. The molecule has 4 rings (SSSR count). The van der Waals surface area contributed by atoms with E-state index >= 15 is 0 Å². The topological polar surface area (TPSA) is 47.0 Å². The lowest BCUT2D eigenvalue weighted by molar-refractivity contribution is 0.301. The van der Waals surface area contributed by atoms with Crippen molar-refractivity contribution >= 4 is 5.95 Å². The number of para-hydroxylation sites is 1. The third-order valence-corrected chi connectivity index (χ3v) is 3.30. The molecule has 0 bridgehead atoms. The largest absolute Gasteiger partial charge is 0.488 e. The van der Waals surface area contributed by atoms with Crippen molar-refractivity contribution in [3.8, 4) is 17.0 Å². The Bertz CT molecular complexity index is 608. The Morgan fingerprint density at radius 2 is 2.11 bits per heavy atom. The molecule has 1 fully saturated rings. The summed E-state index contributed by atoms with van der Waals surface area (Å²) in [5.41, 5.74) is 3.10. The highest BCUT2D eigenvalue weighted by Gasteiger charge is 2.24. The summed E-state index contributed by atoms with van der Waals surface area (Å²) in [6.45, 7) is 0.552. The number of rotatable bonds is 2. The highest BCUT2D eigenvalue weighted by Crippen LogP contribution is 2.36. The van der Waals surface area contributed by atoms with E-state index in [-0.39, 0.29) is 0 Å². The van der Waals surface area contributed by atoms with E-state index in [2.05, 4.69) is 15.3 Å². The van der Waals surface area contributed by atoms with Crippen LogP contribution in [0, 0.1) is 0 Å². The van der Waals surface area contributed by atoms with Crippen molar-refractivity contribution in [2.24, 2.45) is 0 Å². The number of benzene rings is 1. The van der Waals surface area contributed by atoms with Crippen LogP contribution in [0.3, 0.4) is 0 Å². The standard InChI is InChI=1S/C14H13N3O/c1-2-4-12-11(3-1)13-9(8-18-12)7-15-14(17-13)16-10-5-6-10/h1-4,7,10H,5-6,8H2,(H,15,16,17). The summed E-state index contributed by atoms with van der Waals surface area (Å²) in [6, 6.07) is 8.58. The number of hydrogen-bond donors (Lipinski definition) is 1. The third-order valence-electron chi connectivity index (χ3n) is 3.30. The molecular formula is C14H13N3O. The van der Waals surface area contributed by atoms with E-state index < -0.39 is 0 Å². The predicted octanol–water partition coefficient (Wildman–Crippen LogP) is 2.61. The van der Waals surface area contributed by atoms with Crippen LogP contribution in [0.2, 0.25) is 0 Å². The Morgan fingerprint density at radius 3 is 3.00 bits per heavy atom. The summed E-state index contributed by atoms with van der Waals surface area (Å²) in [5.74, 6) is 1.63. The average molecular weight is 239 g/mol. The van der Waals surface area contributed by atoms with Crippen LogP contribution in [0.15, 0.2) is 30.5 Å². The first kappa shape index (κ1) is 9.88. The van der Waals surface area contributed by atoms with Crippen LogP contribution < -0.4 is 10.1 Å². The second kappa shape index (κ2) is 3.70. The summed E-state index contributed by atoms with van der Waals surface area (Å²) >= 11 is 0. The van der Waals surface area contributed by atoms with Gasteiger partial charge in [-0.15, -0.1) is 0 Å². The van der Waals surface area contributed by atoms with Crippen molar-refractivity contribution in [1.82, 2.24) is 9.97 Å². The highest BCUT2D eigenvalue weighted by atomic mass is 16.5. The quantitative estimate of drug-likeness (QED) is 0.875. The number of aromatic nitrogens is 2. The van der Waals surface area contributed by atoms with E-state index in [1.807, 2.05) is 30.5 Å².